The van der Waals surface area contributed by atoms with Crippen molar-refractivity contribution < 1.29 is 4.79 Å². The fourth-order valence-corrected chi connectivity index (χ4v) is 2.39. The summed E-state index contributed by atoms with van der Waals surface area (Å²) in [6.07, 6.45) is 0. The van der Waals surface area contributed by atoms with Gasteiger partial charge in [-0.25, -0.2) is 0 Å². The van der Waals surface area contributed by atoms with Gasteiger partial charge in [-0.3, -0.25) is 4.79 Å². The van der Waals surface area contributed by atoms with Gasteiger partial charge in [0.05, 0.1) is 0 Å². The summed E-state index contributed by atoms with van der Waals surface area (Å²) in [6, 6.07) is 5.76. The maximum atomic E-state index is 11.5. The lowest BCUT2D eigenvalue weighted by Crippen LogP contribution is -2.20. The summed E-state index contributed by atoms with van der Waals surface area (Å²) in [5.74, 6) is 1.44. The summed E-state index contributed by atoms with van der Waals surface area (Å²) in [4.78, 5) is 13.8. The smallest absolute Gasteiger partial charge is 0.161 e. The summed E-state index contributed by atoms with van der Waals surface area (Å²) in [6.45, 7) is 8.22. The number of carbonyl (C=O) groups is 1. The van der Waals surface area contributed by atoms with Gasteiger partial charge in [-0.1, -0.05) is 13.8 Å². The van der Waals surface area contributed by atoms with Crippen LogP contribution >= 0.6 is 0 Å². The zero-order valence-electron chi connectivity index (χ0n) is 10.7. The first-order valence-electron chi connectivity index (χ1n) is 6.14. The van der Waals surface area contributed by atoms with Crippen LogP contribution in [0.5, 0.6) is 0 Å². The Labute approximate surface area is 103 Å². The van der Waals surface area contributed by atoms with Crippen LogP contribution in [0.2, 0.25) is 0 Å². The van der Waals surface area contributed by atoms with Gasteiger partial charge < -0.3 is 10.6 Å². The molecule has 1 saturated heterocycles. The highest BCUT2D eigenvalue weighted by atomic mass is 16.1. The molecule has 92 valence electrons. The van der Waals surface area contributed by atoms with Crippen LogP contribution in [0.15, 0.2) is 18.2 Å². The highest BCUT2D eigenvalue weighted by Gasteiger charge is 2.26. The van der Waals surface area contributed by atoms with Gasteiger partial charge in [0.15, 0.2) is 5.78 Å². The molecule has 1 fully saturated rings. The van der Waals surface area contributed by atoms with Gasteiger partial charge in [-0.05, 0) is 37.0 Å². The number of hydrogen-bond donors (Lipinski definition) is 1. The van der Waals surface area contributed by atoms with Crippen LogP contribution in [-0.2, 0) is 0 Å². The second kappa shape index (κ2) is 4.40. The Kier molecular flexibility index (Phi) is 3.09. The molecule has 2 rings (SSSR count). The summed E-state index contributed by atoms with van der Waals surface area (Å²) >= 11 is 0. The Morgan fingerprint density at radius 2 is 1.88 bits per heavy atom. The molecule has 1 aromatic rings. The molecule has 3 heteroatoms. The first kappa shape index (κ1) is 12.0. The number of ketones is 1. The van der Waals surface area contributed by atoms with Gasteiger partial charge in [0.1, 0.15) is 0 Å². The summed E-state index contributed by atoms with van der Waals surface area (Å²) < 4.78 is 0. The van der Waals surface area contributed by atoms with E-state index in [2.05, 4.69) is 18.7 Å². The fraction of sp³-hybridized carbons (Fsp3) is 0.500. The molecule has 1 aliphatic rings. The van der Waals surface area contributed by atoms with Crippen molar-refractivity contribution in [3.8, 4) is 0 Å². The lowest BCUT2D eigenvalue weighted by molar-refractivity contribution is 0.101. The van der Waals surface area contributed by atoms with E-state index >= 15 is 0 Å². The quantitative estimate of drug-likeness (QED) is 0.629. The second-order valence-corrected chi connectivity index (χ2v) is 5.19. The van der Waals surface area contributed by atoms with Crippen molar-refractivity contribution >= 4 is 17.2 Å². The molecule has 0 aromatic heterocycles. The van der Waals surface area contributed by atoms with Crippen LogP contribution in [-0.4, -0.2) is 18.9 Å². The van der Waals surface area contributed by atoms with E-state index in [1.807, 2.05) is 18.2 Å². The fourth-order valence-electron chi connectivity index (χ4n) is 2.39. The molecule has 0 amide bonds. The van der Waals surface area contributed by atoms with Gasteiger partial charge in [-0.2, -0.15) is 0 Å². The Morgan fingerprint density at radius 3 is 2.41 bits per heavy atom. The molecular weight excluding hydrogens is 212 g/mol. The molecule has 0 saturated carbocycles. The minimum atomic E-state index is 0.0321. The second-order valence-electron chi connectivity index (χ2n) is 5.19. The average molecular weight is 232 g/mol. The lowest BCUT2D eigenvalue weighted by Gasteiger charge is -2.19. The maximum absolute atomic E-state index is 11.5. The largest absolute Gasteiger partial charge is 0.398 e. The van der Waals surface area contributed by atoms with Gasteiger partial charge in [0.25, 0.3) is 0 Å². The Balaban J connectivity index is 2.28. The summed E-state index contributed by atoms with van der Waals surface area (Å²) in [7, 11) is 0. The number of nitrogens with two attached hydrogens (primary N) is 1. The highest BCUT2D eigenvalue weighted by molar-refractivity contribution is 6.00. The van der Waals surface area contributed by atoms with Crippen LogP contribution in [0.4, 0.5) is 11.4 Å². The van der Waals surface area contributed by atoms with Crippen molar-refractivity contribution in [3.05, 3.63) is 23.8 Å². The highest BCUT2D eigenvalue weighted by Crippen LogP contribution is 2.29. The average Bonchev–Trinajstić information content (AvgIpc) is 2.59. The number of Topliss-reactive ketones (excluding diaryl/α,β-unsaturated/α-hetero) is 1. The van der Waals surface area contributed by atoms with E-state index in [9.17, 15) is 4.79 Å². The van der Waals surface area contributed by atoms with Crippen molar-refractivity contribution in [1.82, 2.24) is 0 Å². The molecule has 1 aromatic carbocycles. The SMILES string of the molecule is CC(=O)c1cc(N2CC(C)C(C)C2)ccc1N. The Bertz CT molecular complexity index is 432. The van der Waals surface area contributed by atoms with E-state index < -0.39 is 0 Å². The molecule has 0 bridgehead atoms. The standard InChI is InChI=1S/C14H20N2O/c1-9-7-16(8-10(9)2)12-4-5-14(15)13(6-12)11(3)17/h4-6,9-10H,7-8,15H2,1-3H3. The molecule has 17 heavy (non-hydrogen) atoms. The van der Waals surface area contributed by atoms with Crippen molar-refractivity contribution in [1.29, 1.82) is 0 Å². The van der Waals surface area contributed by atoms with Crippen molar-refractivity contribution in [2.75, 3.05) is 23.7 Å². The predicted octanol–water partition coefficient (Wildman–Crippen LogP) is 2.56. The zero-order chi connectivity index (χ0) is 12.6. The minimum Gasteiger partial charge on any atom is -0.398 e. The molecule has 0 spiro atoms. The predicted molar refractivity (Wildman–Crippen MR) is 71.4 cm³/mol. The summed E-state index contributed by atoms with van der Waals surface area (Å²) in [5.41, 5.74) is 8.12. The van der Waals surface area contributed by atoms with Crippen molar-refractivity contribution in [2.45, 2.75) is 20.8 Å². The molecule has 0 aliphatic carbocycles. The van der Waals surface area contributed by atoms with E-state index in [1.165, 1.54) is 0 Å². The van der Waals surface area contributed by atoms with Gasteiger partial charge in [0, 0.05) is 30.0 Å². The normalized spacial score (nSPS) is 24.1. The first-order chi connectivity index (χ1) is 7.99. The number of anilines is 2. The van der Waals surface area contributed by atoms with E-state index in [0.717, 1.165) is 18.8 Å². The number of nitrogens with zero attached hydrogens (tertiary/aromatic N) is 1. The van der Waals surface area contributed by atoms with Gasteiger partial charge in [-0.15, -0.1) is 0 Å². The third-order valence-corrected chi connectivity index (χ3v) is 3.77. The van der Waals surface area contributed by atoms with E-state index in [-0.39, 0.29) is 5.78 Å². The number of rotatable bonds is 2. The maximum Gasteiger partial charge on any atom is 0.161 e. The molecular formula is C14H20N2O. The Hall–Kier alpha value is -1.51. The third kappa shape index (κ3) is 2.28. The van der Waals surface area contributed by atoms with Crippen LogP contribution in [0, 0.1) is 11.8 Å². The van der Waals surface area contributed by atoms with E-state index in [4.69, 9.17) is 5.73 Å². The molecule has 1 aliphatic heterocycles. The molecule has 1 heterocycles. The lowest BCUT2D eigenvalue weighted by atomic mass is 10.0. The van der Waals surface area contributed by atoms with E-state index in [0.29, 0.717) is 23.1 Å². The van der Waals surface area contributed by atoms with Crippen LogP contribution in [0.3, 0.4) is 0 Å². The third-order valence-electron chi connectivity index (χ3n) is 3.77. The first-order valence-corrected chi connectivity index (χ1v) is 6.14. The number of carbonyl (C=O) groups excluding carboxylic acids is 1. The molecule has 2 unspecified atom stereocenters. The molecule has 3 nitrogen and oxygen atoms in total. The molecule has 2 atom stereocenters. The van der Waals surface area contributed by atoms with Gasteiger partial charge >= 0.3 is 0 Å². The van der Waals surface area contributed by atoms with Crippen molar-refractivity contribution in [3.63, 3.8) is 0 Å². The monoisotopic (exact) mass is 232 g/mol. The topological polar surface area (TPSA) is 46.3 Å². The summed E-state index contributed by atoms with van der Waals surface area (Å²) in [5, 5.41) is 0. The minimum absolute atomic E-state index is 0.0321. The van der Waals surface area contributed by atoms with Crippen LogP contribution in [0.25, 0.3) is 0 Å². The number of nitrogen functional groups attached to an aromatic ring is 1. The van der Waals surface area contributed by atoms with Crippen LogP contribution < -0.4 is 10.6 Å². The Morgan fingerprint density at radius 1 is 1.29 bits per heavy atom. The van der Waals surface area contributed by atoms with Crippen LogP contribution in [0.1, 0.15) is 31.1 Å². The molecule has 2 N–H and O–H groups in total. The number of hydrogen-bond acceptors (Lipinski definition) is 3. The molecule has 0 radical (unpaired) electrons. The zero-order valence-corrected chi connectivity index (χ0v) is 10.7. The number of benzene rings is 1. The van der Waals surface area contributed by atoms with E-state index in [1.54, 1.807) is 6.92 Å². The van der Waals surface area contributed by atoms with Gasteiger partial charge in [0.2, 0.25) is 0 Å². The van der Waals surface area contributed by atoms with Crippen molar-refractivity contribution in [2.24, 2.45) is 11.8 Å².